The molecule has 2 aliphatic rings. The Labute approximate surface area is 354 Å². The highest BCUT2D eigenvalue weighted by Gasteiger charge is 2.38. The monoisotopic (exact) mass is 841 g/mol. The van der Waals surface area contributed by atoms with E-state index in [4.69, 9.17) is 22.1 Å². The van der Waals surface area contributed by atoms with Crippen molar-refractivity contribution in [3.63, 3.8) is 0 Å². The Kier molecular flexibility index (Phi) is 16.6. The van der Waals surface area contributed by atoms with Crippen molar-refractivity contribution >= 4 is 64.4 Å². The van der Waals surface area contributed by atoms with Crippen LogP contribution in [-0.4, -0.2) is 96.7 Å². The van der Waals surface area contributed by atoms with E-state index in [1.807, 2.05) is 72.8 Å². The van der Waals surface area contributed by atoms with Crippen LogP contribution in [-0.2, 0) is 39.9 Å². The van der Waals surface area contributed by atoms with Gasteiger partial charge in [0.25, 0.3) is 0 Å². The van der Waals surface area contributed by atoms with Gasteiger partial charge in [-0.05, 0) is 84.9 Å². The maximum atomic E-state index is 14.4. The number of nitrogens with zero attached hydrogens (tertiary/aromatic N) is 1. The molecule has 16 heteroatoms. The van der Waals surface area contributed by atoms with Crippen LogP contribution >= 0.6 is 11.6 Å². The second-order valence-corrected chi connectivity index (χ2v) is 15.0. The highest BCUT2D eigenvalue weighted by Crippen LogP contribution is 2.31. The van der Waals surface area contributed by atoms with Gasteiger partial charge in [-0.25, -0.2) is 4.79 Å². The van der Waals surface area contributed by atoms with Gasteiger partial charge in [0.15, 0.2) is 0 Å². The minimum atomic E-state index is -1.18. The van der Waals surface area contributed by atoms with Crippen molar-refractivity contribution in [3.05, 3.63) is 96.1 Å². The number of primary amides is 1. The van der Waals surface area contributed by atoms with E-state index >= 15 is 0 Å². The Bertz CT molecular complexity index is 2040. The quantitative estimate of drug-likeness (QED) is 0.0592. The topological polar surface area (TPSA) is 218 Å². The van der Waals surface area contributed by atoms with Crippen LogP contribution in [0, 0.1) is 0 Å². The molecule has 7 N–H and O–H groups in total. The summed E-state index contributed by atoms with van der Waals surface area (Å²) in [5.74, 6) is -3.90. The molecule has 0 spiro atoms. The number of urea groups is 1. The van der Waals surface area contributed by atoms with Crippen molar-refractivity contribution in [3.8, 4) is 11.1 Å². The summed E-state index contributed by atoms with van der Waals surface area (Å²) in [6.07, 6.45) is 4.39. The SMILES string of the molecule is COC(=O)CC[C@H](NC(=O)CCl)C(=O)N1CCCC[C@H]1C(=O)N[C@@H](CC1=CCc2ccccc21)C(=O)N[C@@H](CCCNC(N)=O)C(=O)Nc1ccc(-c2ccccc2)cc1. The lowest BCUT2D eigenvalue weighted by atomic mass is 9.96. The maximum Gasteiger partial charge on any atom is 0.312 e. The van der Waals surface area contributed by atoms with Gasteiger partial charge >= 0.3 is 12.0 Å². The van der Waals surface area contributed by atoms with Crippen molar-refractivity contribution in [2.24, 2.45) is 5.73 Å². The van der Waals surface area contributed by atoms with E-state index in [0.29, 0.717) is 31.4 Å². The lowest BCUT2D eigenvalue weighted by Gasteiger charge is -2.37. The summed E-state index contributed by atoms with van der Waals surface area (Å²) in [6, 6.07) is 19.6. The van der Waals surface area contributed by atoms with E-state index < -0.39 is 71.6 Å². The Morgan fingerprint density at radius 2 is 1.53 bits per heavy atom. The number of fused-ring (bicyclic) bond motifs is 1. The molecule has 7 amide bonds. The lowest BCUT2D eigenvalue weighted by Crippen LogP contribution is -2.60. The summed E-state index contributed by atoms with van der Waals surface area (Å²) in [5, 5.41) is 13.7. The maximum absolute atomic E-state index is 14.4. The third kappa shape index (κ3) is 12.6. The van der Waals surface area contributed by atoms with Crippen LogP contribution in [0.5, 0.6) is 0 Å². The number of nitrogens with two attached hydrogens (primary N) is 1. The number of piperidine rings is 1. The predicted molar refractivity (Wildman–Crippen MR) is 227 cm³/mol. The molecule has 4 atom stereocenters. The number of amides is 7. The van der Waals surface area contributed by atoms with Gasteiger partial charge in [0.05, 0.1) is 7.11 Å². The minimum Gasteiger partial charge on any atom is -0.469 e. The molecule has 5 rings (SSSR count). The van der Waals surface area contributed by atoms with Crippen LogP contribution in [0.2, 0.25) is 0 Å². The number of alkyl halides is 1. The number of ether oxygens (including phenoxy) is 1. The van der Waals surface area contributed by atoms with Gasteiger partial charge in [-0.3, -0.25) is 28.8 Å². The summed E-state index contributed by atoms with van der Waals surface area (Å²) in [4.78, 5) is 93.7. The van der Waals surface area contributed by atoms with Gasteiger partial charge < -0.3 is 42.0 Å². The highest BCUT2D eigenvalue weighted by atomic mass is 35.5. The molecular weight excluding hydrogens is 790 g/mol. The summed E-state index contributed by atoms with van der Waals surface area (Å²) >= 11 is 5.73. The van der Waals surface area contributed by atoms with Crippen LogP contribution in [0.3, 0.4) is 0 Å². The molecule has 0 unspecified atom stereocenters. The Balaban J connectivity index is 1.37. The van der Waals surface area contributed by atoms with Gasteiger partial charge in [-0.1, -0.05) is 72.8 Å². The standard InChI is InChI=1S/C44H52ClN7O8/c1-60-39(54)23-22-35(49-38(53)27-45)43(58)52-25-8-7-15-37(52)42(57)51-36(26-31-17-16-30-12-5-6-13-33(30)31)41(56)50-34(14-9-24-47-44(46)59)40(55)48-32-20-18-29(19-21-32)28-10-3-2-4-11-28/h2-6,10-13,17-21,34-37H,7-9,14-16,22-27H2,1H3,(H,48,55)(H,49,53)(H,50,56)(H,51,57)(H3,46,47,59)/t34-,35-,36-,37-/m0/s1. The van der Waals surface area contributed by atoms with E-state index in [1.165, 1.54) is 12.0 Å². The molecule has 3 aromatic rings. The summed E-state index contributed by atoms with van der Waals surface area (Å²) in [6.45, 7) is 0.355. The van der Waals surface area contributed by atoms with Gasteiger partial charge in [0, 0.05) is 31.6 Å². The number of carbonyl (C=O) groups is 7. The molecule has 1 saturated heterocycles. The van der Waals surface area contributed by atoms with Crippen molar-refractivity contribution < 1.29 is 38.3 Å². The largest absolute Gasteiger partial charge is 0.469 e. The fraction of sp³-hybridized carbons (Fsp3) is 0.386. The van der Waals surface area contributed by atoms with Crippen molar-refractivity contribution in [2.45, 2.75) is 82.0 Å². The van der Waals surface area contributed by atoms with Gasteiger partial charge in [-0.2, -0.15) is 0 Å². The number of likely N-dealkylation sites (tertiary alicyclic amines) is 1. The number of hydrogen-bond donors (Lipinski definition) is 6. The summed E-state index contributed by atoms with van der Waals surface area (Å²) in [5.41, 5.74) is 10.6. The van der Waals surface area contributed by atoms with Crippen LogP contribution < -0.4 is 32.3 Å². The van der Waals surface area contributed by atoms with Crippen molar-refractivity contribution in [1.29, 1.82) is 0 Å². The molecule has 1 aliphatic carbocycles. The zero-order valence-corrected chi connectivity index (χ0v) is 34.3. The number of benzene rings is 3. The minimum absolute atomic E-state index is 0.0762. The number of esters is 1. The fourth-order valence-electron chi connectivity index (χ4n) is 7.43. The second-order valence-electron chi connectivity index (χ2n) is 14.7. The second kappa shape index (κ2) is 22.2. The molecule has 1 aliphatic heterocycles. The summed E-state index contributed by atoms with van der Waals surface area (Å²) in [7, 11) is 1.22. The van der Waals surface area contributed by atoms with Gasteiger partial charge in [0.1, 0.15) is 30.0 Å². The van der Waals surface area contributed by atoms with E-state index in [2.05, 4.69) is 26.6 Å². The van der Waals surface area contributed by atoms with E-state index in [9.17, 15) is 33.6 Å². The number of hydrogen-bond acceptors (Lipinski definition) is 8. The highest BCUT2D eigenvalue weighted by molar-refractivity contribution is 6.27. The zero-order valence-electron chi connectivity index (χ0n) is 33.5. The van der Waals surface area contributed by atoms with E-state index in [-0.39, 0.29) is 45.2 Å². The molecule has 15 nitrogen and oxygen atoms in total. The lowest BCUT2D eigenvalue weighted by molar-refractivity contribution is -0.146. The fourth-order valence-corrected chi connectivity index (χ4v) is 7.51. The number of nitrogens with one attached hydrogen (secondary N) is 5. The average Bonchev–Trinajstić information content (AvgIpc) is 3.68. The molecule has 3 aromatic carbocycles. The third-order valence-electron chi connectivity index (χ3n) is 10.6. The van der Waals surface area contributed by atoms with Crippen LogP contribution in [0.15, 0.2) is 84.9 Å². The molecular formula is C44H52ClN7O8. The normalized spacial score (nSPS) is 15.9. The Hall–Kier alpha value is -6.22. The molecule has 318 valence electrons. The predicted octanol–water partition coefficient (Wildman–Crippen LogP) is 3.80. The first-order valence-electron chi connectivity index (χ1n) is 20.1. The number of methoxy groups -OCH3 is 1. The first-order chi connectivity index (χ1) is 29.0. The Morgan fingerprint density at radius 3 is 2.25 bits per heavy atom. The first-order valence-corrected chi connectivity index (χ1v) is 20.6. The molecule has 0 radical (unpaired) electrons. The van der Waals surface area contributed by atoms with Gasteiger partial charge in [0.2, 0.25) is 29.5 Å². The van der Waals surface area contributed by atoms with Crippen molar-refractivity contribution in [2.75, 3.05) is 31.4 Å². The molecule has 0 bridgehead atoms. The van der Waals surface area contributed by atoms with E-state index in [1.54, 1.807) is 12.1 Å². The Morgan fingerprint density at radius 1 is 0.817 bits per heavy atom. The zero-order chi connectivity index (χ0) is 43.0. The number of rotatable bonds is 19. The summed E-state index contributed by atoms with van der Waals surface area (Å²) < 4.78 is 4.73. The molecule has 1 fully saturated rings. The number of anilines is 1. The third-order valence-corrected chi connectivity index (χ3v) is 10.8. The van der Waals surface area contributed by atoms with E-state index in [0.717, 1.165) is 27.8 Å². The van der Waals surface area contributed by atoms with Crippen LogP contribution in [0.1, 0.15) is 62.5 Å². The van der Waals surface area contributed by atoms with Gasteiger partial charge in [-0.15, -0.1) is 11.6 Å². The number of carbonyl (C=O) groups excluding carboxylic acids is 7. The number of allylic oxidation sites excluding steroid dienone is 1. The van der Waals surface area contributed by atoms with Crippen LogP contribution in [0.4, 0.5) is 10.5 Å². The molecule has 1 heterocycles. The van der Waals surface area contributed by atoms with Crippen LogP contribution in [0.25, 0.3) is 16.7 Å². The molecule has 60 heavy (non-hydrogen) atoms. The number of halogens is 1. The molecule has 0 saturated carbocycles. The first kappa shape index (κ1) is 44.9. The molecule has 0 aromatic heterocycles. The average molecular weight is 842 g/mol. The smallest absolute Gasteiger partial charge is 0.312 e. The van der Waals surface area contributed by atoms with Crippen molar-refractivity contribution in [1.82, 2.24) is 26.2 Å².